The monoisotopic (exact) mass is 831 g/mol. The molecule has 1 aliphatic rings. The first-order valence-corrected chi connectivity index (χ1v) is 18.6. The Hall–Kier alpha value is -5.46. The zero-order chi connectivity index (χ0) is 44.3. The maximum absolute atomic E-state index is 13.4. The van der Waals surface area contributed by atoms with E-state index < -0.39 is 153 Å². The van der Waals surface area contributed by atoms with Crippen molar-refractivity contribution in [2.75, 3.05) is 39.5 Å². The summed E-state index contributed by atoms with van der Waals surface area (Å²) in [4.78, 5) is 126. The molecule has 0 unspecified atom stereocenters. The normalized spacial score (nSPS) is 16.8. The zero-order valence-electron chi connectivity index (χ0n) is 32.8. The molecule has 1 saturated heterocycles. The van der Waals surface area contributed by atoms with E-state index in [1.54, 1.807) is 13.8 Å². The van der Waals surface area contributed by atoms with Crippen molar-refractivity contribution in [3.8, 4) is 0 Å². The number of carboxylic acids is 2. The third-order valence-electron chi connectivity index (χ3n) is 8.72. The number of aliphatic hydroxyl groups is 3. The van der Waals surface area contributed by atoms with Gasteiger partial charge in [0.1, 0.15) is 42.3 Å². The Kier molecular flexibility index (Phi) is 21.8. The predicted octanol–water partition coefficient (Wildman–Crippen LogP) is -6.41. The summed E-state index contributed by atoms with van der Waals surface area (Å²) in [5.74, 6) is -10.6. The van der Waals surface area contributed by atoms with Gasteiger partial charge in [0, 0.05) is 13.0 Å². The molecule has 0 aromatic carbocycles. The van der Waals surface area contributed by atoms with Crippen LogP contribution in [0.25, 0.3) is 0 Å². The fraction of sp³-hybridized carbons (Fsp3) is 0.706. The van der Waals surface area contributed by atoms with Crippen molar-refractivity contribution >= 4 is 59.2 Å². The van der Waals surface area contributed by atoms with Crippen LogP contribution in [0.5, 0.6) is 0 Å². The Morgan fingerprint density at radius 2 is 1.22 bits per heavy atom. The van der Waals surface area contributed by atoms with Gasteiger partial charge in [0.2, 0.25) is 47.3 Å². The molecule has 14 N–H and O–H groups in total. The molecule has 1 heterocycles. The van der Waals surface area contributed by atoms with E-state index in [0.29, 0.717) is 6.42 Å². The van der Waals surface area contributed by atoms with Crippen molar-refractivity contribution in [1.82, 2.24) is 42.1 Å². The van der Waals surface area contributed by atoms with E-state index in [2.05, 4.69) is 37.2 Å². The molecule has 0 spiro atoms. The van der Waals surface area contributed by atoms with Gasteiger partial charge < -0.3 is 73.4 Å². The number of rotatable bonds is 25. The summed E-state index contributed by atoms with van der Waals surface area (Å²) < 4.78 is 0. The Bertz CT molecular complexity index is 1490. The van der Waals surface area contributed by atoms with Crippen LogP contribution < -0.4 is 43.0 Å². The zero-order valence-corrected chi connectivity index (χ0v) is 32.8. The van der Waals surface area contributed by atoms with E-state index >= 15 is 0 Å². The number of nitrogens with one attached hydrogen (secondary N) is 7. The van der Waals surface area contributed by atoms with Crippen LogP contribution >= 0.6 is 0 Å². The van der Waals surface area contributed by atoms with Crippen LogP contribution in [0.3, 0.4) is 0 Å². The summed E-state index contributed by atoms with van der Waals surface area (Å²) in [6.45, 7) is 2.57. The third-order valence-corrected chi connectivity index (χ3v) is 8.72. The summed E-state index contributed by atoms with van der Waals surface area (Å²) in [6, 6.07) is -9.66. The highest BCUT2D eigenvalue weighted by atomic mass is 16.4. The van der Waals surface area contributed by atoms with Gasteiger partial charge in [0.05, 0.1) is 32.9 Å². The Balaban J connectivity index is 2.86. The van der Waals surface area contributed by atoms with Crippen LogP contribution in [0.2, 0.25) is 0 Å². The van der Waals surface area contributed by atoms with E-state index in [4.69, 9.17) is 15.9 Å². The standard InChI is InChI=1S/C34H57N9O15/c1-16(2)10-20(40-28(51)18(35)13-44)29(52)36-12-25(48)39-22(15-46)33(56)43-9-5-6-23(43)32(55)41-21(14-45)30(53)37-11-24(47)38-19(7-8-26(49)50)31(54)42-27(17(3)4)34(57)58/h16-23,27,44-46H,5-15,35H2,1-4H3,(H,36,52)(H,37,53)(H,38,47)(H,39,48)(H,40,51)(H,41,55)(H,42,54)(H,49,50)(H,57,58)/t18-,19-,20-,21-,22-,23-,27-/m0/s1. The molecule has 0 aromatic heterocycles. The number of aliphatic hydroxyl groups excluding tert-OH is 3. The van der Waals surface area contributed by atoms with Crippen molar-refractivity contribution in [2.45, 2.75) is 102 Å². The highest BCUT2D eigenvalue weighted by Gasteiger charge is 2.39. The number of carboxylic acid groups (broad SMARTS) is 2. The second-order valence-electron chi connectivity index (χ2n) is 14.3. The lowest BCUT2D eigenvalue weighted by Gasteiger charge is -2.29. The lowest BCUT2D eigenvalue weighted by atomic mass is 10.0. The molecular weight excluding hydrogens is 774 g/mol. The molecule has 24 heteroatoms. The molecule has 58 heavy (non-hydrogen) atoms. The average Bonchev–Trinajstić information content (AvgIpc) is 3.66. The number of carbonyl (C=O) groups excluding carboxylic acids is 8. The van der Waals surface area contributed by atoms with Gasteiger partial charge in [-0.15, -0.1) is 0 Å². The van der Waals surface area contributed by atoms with Crippen molar-refractivity contribution < 1.29 is 73.5 Å². The second kappa shape index (κ2) is 25.0. The van der Waals surface area contributed by atoms with Crippen LogP contribution in [0.15, 0.2) is 0 Å². The van der Waals surface area contributed by atoms with E-state index in [9.17, 15) is 63.3 Å². The SMILES string of the molecule is CC(C)C[C@H](NC(=O)[C@@H](N)CO)C(=O)NCC(=O)N[C@@H](CO)C(=O)N1CCC[C@H]1C(=O)N[C@@H](CO)C(=O)NCC(=O)N[C@@H](CCC(=O)O)C(=O)N[C@H](C(=O)O)C(C)C. The predicted molar refractivity (Wildman–Crippen MR) is 198 cm³/mol. The third kappa shape index (κ3) is 17.0. The maximum Gasteiger partial charge on any atom is 0.326 e. The first kappa shape index (κ1) is 50.6. The first-order valence-electron chi connectivity index (χ1n) is 18.6. The van der Waals surface area contributed by atoms with Gasteiger partial charge in [-0.2, -0.15) is 0 Å². The van der Waals surface area contributed by atoms with Crippen molar-refractivity contribution in [1.29, 1.82) is 0 Å². The van der Waals surface area contributed by atoms with Gasteiger partial charge in [-0.3, -0.25) is 43.2 Å². The van der Waals surface area contributed by atoms with Crippen LogP contribution in [0.1, 0.15) is 59.8 Å². The molecule has 1 fully saturated rings. The largest absolute Gasteiger partial charge is 0.481 e. The molecule has 24 nitrogen and oxygen atoms in total. The topological polar surface area (TPSA) is 385 Å². The smallest absolute Gasteiger partial charge is 0.326 e. The molecule has 0 aliphatic carbocycles. The molecule has 328 valence electrons. The van der Waals surface area contributed by atoms with Crippen molar-refractivity contribution in [2.24, 2.45) is 17.6 Å². The van der Waals surface area contributed by atoms with Gasteiger partial charge in [-0.1, -0.05) is 27.7 Å². The Morgan fingerprint density at radius 1 is 0.672 bits per heavy atom. The molecule has 8 amide bonds. The van der Waals surface area contributed by atoms with Gasteiger partial charge in [-0.25, -0.2) is 4.79 Å². The molecule has 1 rings (SSSR count). The lowest BCUT2D eigenvalue weighted by Crippen LogP contribution is -2.59. The van der Waals surface area contributed by atoms with Gasteiger partial charge in [0.15, 0.2) is 0 Å². The highest BCUT2D eigenvalue weighted by molar-refractivity contribution is 5.97. The van der Waals surface area contributed by atoms with Crippen LogP contribution in [0, 0.1) is 11.8 Å². The van der Waals surface area contributed by atoms with Crippen molar-refractivity contribution in [3.63, 3.8) is 0 Å². The summed E-state index contributed by atoms with van der Waals surface area (Å²) in [6.07, 6.45) is -0.445. The molecule has 0 radical (unpaired) electrons. The molecule has 0 bridgehead atoms. The van der Waals surface area contributed by atoms with Crippen LogP contribution in [0.4, 0.5) is 0 Å². The molecule has 7 atom stereocenters. The number of carbonyl (C=O) groups is 10. The number of hydrogen-bond donors (Lipinski definition) is 13. The van der Waals surface area contributed by atoms with Gasteiger partial charge >= 0.3 is 11.9 Å². The Labute approximate surface area is 333 Å². The quantitative estimate of drug-likeness (QED) is 0.0407. The number of likely N-dealkylation sites (tertiary alicyclic amines) is 1. The average molecular weight is 832 g/mol. The van der Waals surface area contributed by atoms with E-state index in [1.807, 2.05) is 0 Å². The van der Waals surface area contributed by atoms with E-state index in [-0.39, 0.29) is 25.3 Å². The summed E-state index contributed by atoms with van der Waals surface area (Å²) >= 11 is 0. The minimum absolute atomic E-state index is 0.00372. The fourth-order valence-corrected chi connectivity index (χ4v) is 5.59. The molecule has 0 saturated carbocycles. The number of aliphatic carboxylic acids is 2. The van der Waals surface area contributed by atoms with Gasteiger partial charge in [0.25, 0.3) is 0 Å². The summed E-state index contributed by atoms with van der Waals surface area (Å²) in [5, 5.41) is 63.2. The van der Waals surface area contributed by atoms with Gasteiger partial charge in [-0.05, 0) is 37.5 Å². The summed E-state index contributed by atoms with van der Waals surface area (Å²) in [7, 11) is 0. The minimum atomic E-state index is -1.65. The minimum Gasteiger partial charge on any atom is -0.481 e. The van der Waals surface area contributed by atoms with Crippen molar-refractivity contribution in [3.05, 3.63) is 0 Å². The Morgan fingerprint density at radius 3 is 1.71 bits per heavy atom. The second-order valence-corrected chi connectivity index (χ2v) is 14.3. The number of hydrogen-bond acceptors (Lipinski definition) is 14. The summed E-state index contributed by atoms with van der Waals surface area (Å²) in [5.41, 5.74) is 5.50. The molecule has 0 aromatic rings. The lowest BCUT2D eigenvalue weighted by molar-refractivity contribution is -0.144. The van der Waals surface area contributed by atoms with E-state index in [1.165, 1.54) is 13.8 Å². The fourth-order valence-electron chi connectivity index (χ4n) is 5.59. The number of nitrogens with two attached hydrogens (primary N) is 1. The van der Waals surface area contributed by atoms with Crippen LogP contribution in [-0.2, 0) is 47.9 Å². The number of amides is 8. The molecule has 1 aliphatic heterocycles. The maximum atomic E-state index is 13.4. The van der Waals surface area contributed by atoms with E-state index in [0.717, 1.165) is 4.90 Å². The first-order chi connectivity index (χ1) is 27.2. The van der Waals surface area contributed by atoms with Crippen LogP contribution in [-0.4, -0.2) is 171 Å². The molecular formula is C34H57N9O15. The highest BCUT2D eigenvalue weighted by Crippen LogP contribution is 2.19. The number of nitrogens with zero attached hydrogens (tertiary/aromatic N) is 1.